The molecule has 2 N–H and O–H groups in total. The number of hydrogen-bond donors (Lipinski definition) is 2. The van der Waals surface area contributed by atoms with E-state index in [0.717, 1.165) is 77.5 Å². The molecule has 1 unspecified atom stereocenters. The molecule has 1 aliphatic carbocycles. The average Bonchev–Trinajstić information content (AvgIpc) is 3.33. The molecule has 1 heterocycles. The van der Waals surface area contributed by atoms with E-state index in [1.54, 1.807) is 0 Å². The van der Waals surface area contributed by atoms with Crippen molar-refractivity contribution >= 4 is 11.9 Å². The lowest BCUT2D eigenvalue weighted by atomic mass is 9.83. The molecule has 0 aromatic carbocycles. The van der Waals surface area contributed by atoms with Crippen LogP contribution in [0.2, 0.25) is 0 Å². The maximum atomic E-state index is 12.0. The molecule has 0 radical (unpaired) electrons. The first-order valence-corrected chi connectivity index (χ1v) is 11.5. The van der Waals surface area contributed by atoms with Crippen LogP contribution in [-0.4, -0.2) is 62.2 Å². The average molecular weight is 395 g/mol. The summed E-state index contributed by atoms with van der Waals surface area (Å²) < 4.78 is 5.62. The predicted octanol–water partition coefficient (Wildman–Crippen LogP) is 3.32. The number of guanidine groups is 1. The zero-order valence-electron chi connectivity index (χ0n) is 18.4. The fraction of sp³-hybridized carbons (Fsp3) is 0.909. The highest BCUT2D eigenvalue weighted by Crippen LogP contribution is 2.41. The fourth-order valence-corrected chi connectivity index (χ4v) is 4.63. The number of rotatable bonds is 12. The number of nitrogens with zero attached hydrogens (tertiary/aromatic N) is 2. The molecule has 2 fully saturated rings. The van der Waals surface area contributed by atoms with Crippen molar-refractivity contribution in [3.63, 3.8) is 0 Å². The Kier molecular flexibility index (Phi) is 10.1. The van der Waals surface area contributed by atoms with Gasteiger partial charge in [-0.15, -0.1) is 0 Å². The number of ether oxygens (including phenoxy) is 1. The van der Waals surface area contributed by atoms with Gasteiger partial charge in [-0.1, -0.05) is 19.8 Å². The Morgan fingerprint density at radius 3 is 2.61 bits per heavy atom. The Balaban J connectivity index is 1.85. The Morgan fingerprint density at radius 1 is 1.21 bits per heavy atom. The molecule has 6 heteroatoms. The number of aliphatic imine (C=N–C) groups is 1. The van der Waals surface area contributed by atoms with E-state index in [1.165, 1.54) is 25.7 Å². The highest BCUT2D eigenvalue weighted by molar-refractivity contribution is 5.80. The van der Waals surface area contributed by atoms with E-state index < -0.39 is 0 Å². The molecule has 6 nitrogen and oxygen atoms in total. The van der Waals surface area contributed by atoms with Crippen LogP contribution in [0.4, 0.5) is 0 Å². The van der Waals surface area contributed by atoms with Gasteiger partial charge in [0, 0.05) is 51.9 Å². The van der Waals surface area contributed by atoms with Crippen LogP contribution >= 0.6 is 0 Å². The highest BCUT2D eigenvalue weighted by atomic mass is 16.5. The summed E-state index contributed by atoms with van der Waals surface area (Å²) in [5.41, 5.74) is 0.311. The van der Waals surface area contributed by atoms with Gasteiger partial charge in [-0.05, 0) is 57.8 Å². The van der Waals surface area contributed by atoms with E-state index in [-0.39, 0.29) is 0 Å². The van der Waals surface area contributed by atoms with Gasteiger partial charge in [0.05, 0.1) is 0 Å². The summed E-state index contributed by atoms with van der Waals surface area (Å²) in [5.74, 6) is 1.23. The minimum Gasteiger partial charge on any atom is -0.382 e. The van der Waals surface area contributed by atoms with Crippen LogP contribution in [-0.2, 0) is 9.53 Å². The highest BCUT2D eigenvalue weighted by Gasteiger charge is 2.33. The van der Waals surface area contributed by atoms with Gasteiger partial charge >= 0.3 is 0 Å². The Morgan fingerprint density at radius 2 is 2.00 bits per heavy atom. The minimum absolute atomic E-state index is 0.311. The number of carbonyl (C=O) groups excluding carboxylic acids is 1. The smallest absolute Gasteiger partial charge is 0.222 e. The van der Waals surface area contributed by atoms with Crippen molar-refractivity contribution in [1.82, 2.24) is 15.5 Å². The number of nitrogens with one attached hydrogen (secondary N) is 2. The van der Waals surface area contributed by atoms with E-state index in [0.29, 0.717) is 17.4 Å². The summed E-state index contributed by atoms with van der Waals surface area (Å²) in [5, 5.41) is 6.89. The van der Waals surface area contributed by atoms with Gasteiger partial charge in [0.2, 0.25) is 5.91 Å². The second-order valence-corrected chi connectivity index (χ2v) is 8.32. The summed E-state index contributed by atoms with van der Waals surface area (Å²) >= 11 is 0. The summed E-state index contributed by atoms with van der Waals surface area (Å²) in [4.78, 5) is 19.0. The number of hydrogen-bond acceptors (Lipinski definition) is 3. The second kappa shape index (κ2) is 12.3. The normalized spacial score (nSPS) is 20.6. The molecule has 162 valence electrons. The Labute approximate surface area is 171 Å². The van der Waals surface area contributed by atoms with Crippen molar-refractivity contribution < 1.29 is 9.53 Å². The first-order valence-electron chi connectivity index (χ1n) is 11.5. The largest absolute Gasteiger partial charge is 0.382 e. The van der Waals surface area contributed by atoms with Crippen molar-refractivity contribution in [2.75, 3.05) is 39.4 Å². The van der Waals surface area contributed by atoms with Crippen molar-refractivity contribution in [3.8, 4) is 0 Å². The van der Waals surface area contributed by atoms with E-state index >= 15 is 0 Å². The van der Waals surface area contributed by atoms with Gasteiger partial charge in [-0.2, -0.15) is 0 Å². The molecule has 1 atom stereocenters. The standard InChI is InChI=1S/C22H42N4O2/c1-4-19(26-16-9-10-20(26)27)11-15-24-21(23-5-2)25-18-22(12-7-8-13-22)14-17-28-6-3/h19H,4-18H2,1-3H3,(H2,23,24,25). The lowest BCUT2D eigenvalue weighted by molar-refractivity contribution is -0.129. The molecule has 2 aliphatic rings. The molecule has 1 saturated carbocycles. The molecule has 0 bridgehead atoms. The first kappa shape index (κ1) is 23.0. The van der Waals surface area contributed by atoms with Gasteiger partial charge in [-0.25, -0.2) is 0 Å². The van der Waals surface area contributed by atoms with Crippen LogP contribution in [0.5, 0.6) is 0 Å². The van der Waals surface area contributed by atoms with Crippen molar-refractivity contribution in [3.05, 3.63) is 0 Å². The van der Waals surface area contributed by atoms with Gasteiger partial charge in [-0.3, -0.25) is 9.79 Å². The summed E-state index contributed by atoms with van der Waals surface area (Å²) in [7, 11) is 0. The van der Waals surface area contributed by atoms with E-state index in [2.05, 4.69) is 36.3 Å². The van der Waals surface area contributed by atoms with E-state index in [4.69, 9.17) is 9.73 Å². The second-order valence-electron chi connectivity index (χ2n) is 8.32. The molecule has 0 aromatic rings. The van der Waals surface area contributed by atoms with Crippen LogP contribution < -0.4 is 10.6 Å². The molecule has 1 aliphatic heterocycles. The third-order valence-electron chi connectivity index (χ3n) is 6.35. The Hall–Kier alpha value is -1.30. The van der Waals surface area contributed by atoms with Crippen molar-refractivity contribution in [2.24, 2.45) is 10.4 Å². The molecule has 1 amide bonds. The molecular formula is C22H42N4O2. The molecule has 0 aromatic heterocycles. The lowest BCUT2D eigenvalue weighted by Crippen LogP contribution is -2.42. The molecular weight excluding hydrogens is 352 g/mol. The maximum Gasteiger partial charge on any atom is 0.222 e. The Bertz CT molecular complexity index is 489. The topological polar surface area (TPSA) is 66.0 Å². The van der Waals surface area contributed by atoms with Crippen molar-refractivity contribution in [1.29, 1.82) is 0 Å². The number of likely N-dealkylation sites (tertiary alicyclic amines) is 1. The minimum atomic E-state index is 0.311. The van der Waals surface area contributed by atoms with Crippen LogP contribution in [0.25, 0.3) is 0 Å². The predicted molar refractivity (Wildman–Crippen MR) is 116 cm³/mol. The summed E-state index contributed by atoms with van der Waals surface area (Å²) in [6.45, 7) is 11.5. The van der Waals surface area contributed by atoms with Crippen LogP contribution in [0.1, 0.15) is 78.6 Å². The third kappa shape index (κ3) is 6.94. The van der Waals surface area contributed by atoms with E-state index in [9.17, 15) is 4.79 Å². The van der Waals surface area contributed by atoms with Crippen LogP contribution in [0, 0.1) is 5.41 Å². The van der Waals surface area contributed by atoms with Gasteiger partial charge in [0.15, 0.2) is 5.96 Å². The fourth-order valence-electron chi connectivity index (χ4n) is 4.63. The van der Waals surface area contributed by atoms with Crippen molar-refractivity contribution in [2.45, 2.75) is 84.6 Å². The summed E-state index contributed by atoms with van der Waals surface area (Å²) in [6, 6.07) is 0.345. The lowest BCUT2D eigenvalue weighted by Gasteiger charge is -2.28. The van der Waals surface area contributed by atoms with Crippen LogP contribution in [0.3, 0.4) is 0 Å². The molecule has 28 heavy (non-hydrogen) atoms. The van der Waals surface area contributed by atoms with E-state index in [1.807, 2.05) is 0 Å². The van der Waals surface area contributed by atoms with Crippen LogP contribution in [0.15, 0.2) is 4.99 Å². The zero-order valence-corrected chi connectivity index (χ0v) is 18.4. The SMILES string of the molecule is CCNC(=NCC1(CCOCC)CCCC1)NCCC(CC)N1CCCC1=O. The first-order chi connectivity index (χ1) is 13.6. The van der Waals surface area contributed by atoms with Gasteiger partial charge in [0.25, 0.3) is 0 Å². The maximum absolute atomic E-state index is 12.0. The third-order valence-corrected chi connectivity index (χ3v) is 6.35. The molecule has 1 saturated heterocycles. The molecule has 0 spiro atoms. The quantitative estimate of drug-likeness (QED) is 0.303. The monoisotopic (exact) mass is 394 g/mol. The summed E-state index contributed by atoms with van der Waals surface area (Å²) in [6.07, 6.45) is 9.98. The van der Waals surface area contributed by atoms with Gasteiger partial charge in [0.1, 0.15) is 0 Å². The molecule has 2 rings (SSSR count). The van der Waals surface area contributed by atoms with Gasteiger partial charge < -0.3 is 20.3 Å². The number of carbonyl (C=O) groups is 1. The number of amides is 1. The zero-order chi connectivity index (χ0) is 20.2.